The Labute approximate surface area is 137 Å². The van der Waals surface area contributed by atoms with E-state index in [1.165, 1.54) is 29.2 Å². The van der Waals surface area contributed by atoms with Crippen molar-refractivity contribution in [2.24, 2.45) is 5.73 Å². The van der Waals surface area contributed by atoms with Crippen LogP contribution in [-0.4, -0.2) is 29.9 Å². The fraction of sp³-hybridized carbons (Fsp3) is 0.176. The van der Waals surface area contributed by atoms with Crippen LogP contribution in [-0.2, 0) is 11.3 Å². The number of carbonyl (C=O) groups excluding carboxylic acids is 2. The highest BCUT2D eigenvalue weighted by Crippen LogP contribution is 2.17. The summed E-state index contributed by atoms with van der Waals surface area (Å²) >= 11 is 0. The Morgan fingerprint density at radius 1 is 1.04 bits per heavy atom. The average molecular weight is 334 g/mol. The van der Waals surface area contributed by atoms with E-state index in [1.807, 2.05) is 30.3 Å². The molecule has 24 heavy (non-hydrogen) atoms. The molecule has 7 heteroatoms. The van der Waals surface area contributed by atoms with Crippen LogP contribution < -0.4 is 10.5 Å². The van der Waals surface area contributed by atoms with E-state index in [1.54, 1.807) is 0 Å². The molecule has 0 bridgehead atoms. The second kappa shape index (κ2) is 8.05. The lowest BCUT2D eigenvalue weighted by atomic mass is 10.1. The highest BCUT2D eigenvalue weighted by molar-refractivity contribution is 5.96. The van der Waals surface area contributed by atoms with E-state index in [0.29, 0.717) is 0 Å². The molecular formula is C17H16F2N2O3. The van der Waals surface area contributed by atoms with Gasteiger partial charge in [0.2, 0.25) is 5.91 Å². The number of hydrogen-bond donors (Lipinski definition) is 1. The number of alkyl halides is 2. The molecule has 0 fully saturated rings. The number of nitrogens with two attached hydrogens (primary N) is 1. The van der Waals surface area contributed by atoms with Crippen molar-refractivity contribution in [3.8, 4) is 5.75 Å². The van der Waals surface area contributed by atoms with Crippen LogP contribution in [0.1, 0.15) is 15.9 Å². The van der Waals surface area contributed by atoms with Gasteiger partial charge in [0.05, 0.1) is 6.54 Å². The molecule has 0 unspecified atom stereocenters. The van der Waals surface area contributed by atoms with Gasteiger partial charge in [-0.05, 0) is 29.8 Å². The first kappa shape index (κ1) is 17.4. The summed E-state index contributed by atoms with van der Waals surface area (Å²) in [6.45, 7) is -2.98. The van der Waals surface area contributed by atoms with Gasteiger partial charge in [-0.2, -0.15) is 8.78 Å². The molecule has 0 aliphatic carbocycles. The van der Waals surface area contributed by atoms with Crippen molar-refractivity contribution in [1.82, 2.24) is 4.90 Å². The molecule has 5 nitrogen and oxygen atoms in total. The lowest BCUT2D eigenvalue weighted by Gasteiger charge is -2.21. The summed E-state index contributed by atoms with van der Waals surface area (Å²) < 4.78 is 28.5. The molecule has 0 radical (unpaired) electrons. The number of amides is 2. The molecule has 0 spiro atoms. The van der Waals surface area contributed by atoms with E-state index in [2.05, 4.69) is 4.74 Å². The fourth-order valence-electron chi connectivity index (χ4n) is 2.15. The minimum atomic E-state index is -2.93. The molecule has 0 heterocycles. The lowest BCUT2D eigenvalue weighted by molar-refractivity contribution is -0.118. The van der Waals surface area contributed by atoms with Crippen molar-refractivity contribution in [1.29, 1.82) is 0 Å². The monoisotopic (exact) mass is 334 g/mol. The third kappa shape index (κ3) is 5.05. The Morgan fingerprint density at radius 2 is 1.67 bits per heavy atom. The predicted octanol–water partition coefficient (Wildman–Crippen LogP) is 2.42. The molecule has 0 aliphatic heterocycles. The van der Waals surface area contributed by atoms with Gasteiger partial charge in [-0.15, -0.1) is 0 Å². The number of benzene rings is 2. The van der Waals surface area contributed by atoms with Gasteiger partial charge < -0.3 is 15.4 Å². The zero-order valence-corrected chi connectivity index (χ0v) is 12.7. The number of nitrogens with zero attached hydrogens (tertiary/aromatic N) is 1. The topological polar surface area (TPSA) is 72.6 Å². The van der Waals surface area contributed by atoms with Crippen LogP contribution in [0.25, 0.3) is 0 Å². The van der Waals surface area contributed by atoms with Crippen LogP contribution >= 0.6 is 0 Å². The molecule has 126 valence electrons. The molecule has 2 aromatic rings. The third-order valence-corrected chi connectivity index (χ3v) is 3.18. The van der Waals surface area contributed by atoms with Gasteiger partial charge in [-0.3, -0.25) is 9.59 Å². The van der Waals surface area contributed by atoms with Crippen molar-refractivity contribution in [2.75, 3.05) is 6.54 Å². The van der Waals surface area contributed by atoms with Crippen molar-refractivity contribution in [2.45, 2.75) is 13.2 Å². The summed E-state index contributed by atoms with van der Waals surface area (Å²) in [5.74, 6) is -1.12. The Morgan fingerprint density at radius 3 is 2.21 bits per heavy atom. The molecule has 0 aliphatic rings. The van der Waals surface area contributed by atoms with Crippen molar-refractivity contribution < 1.29 is 23.1 Å². The van der Waals surface area contributed by atoms with Gasteiger partial charge in [0.25, 0.3) is 5.91 Å². The van der Waals surface area contributed by atoms with E-state index >= 15 is 0 Å². The standard InChI is InChI=1S/C17H16F2N2O3/c18-17(19)24-14-8-6-13(7-9-14)16(23)21(11-15(20)22)10-12-4-2-1-3-5-12/h1-9,17H,10-11H2,(H2,20,22). The minimum absolute atomic E-state index is 0.0499. The van der Waals surface area contributed by atoms with E-state index in [-0.39, 0.29) is 24.4 Å². The average Bonchev–Trinajstić information content (AvgIpc) is 2.54. The predicted molar refractivity (Wildman–Crippen MR) is 83.5 cm³/mol. The van der Waals surface area contributed by atoms with Gasteiger partial charge in [0.15, 0.2) is 0 Å². The van der Waals surface area contributed by atoms with Gasteiger partial charge in [-0.1, -0.05) is 30.3 Å². The molecule has 2 aromatic carbocycles. The summed E-state index contributed by atoms with van der Waals surface area (Å²) in [5.41, 5.74) is 6.29. The van der Waals surface area contributed by atoms with Crippen LogP contribution in [0.15, 0.2) is 54.6 Å². The summed E-state index contributed by atoms with van der Waals surface area (Å²) in [7, 11) is 0. The van der Waals surface area contributed by atoms with Crippen molar-refractivity contribution >= 4 is 11.8 Å². The molecule has 2 rings (SSSR count). The van der Waals surface area contributed by atoms with Crippen molar-refractivity contribution in [3.63, 3.8) is 0 Å². The Balaban J connectivity index is 2.16. The van der Waals surface area contributed by atoms with Crippen LogP contribution in [0.3, 0.4) is 0 Å². The van der Waals surface area contributed by atoms with Crippen LogP contribution in [0.4, 0.5) is 8.78 Å². The highest BCUT2D eigenvalue weighted by atomic mass is 19.3. The molecular weight excluding hydrogens is 318 g/mol. The maximum atomic E-state index is 12.5. The Hall–Kier alpha value is -2.96. The zero-order chi connectivity index (χ0) is 17.5. The highest BCUT2D eigenvalue weighted by Gasteiger charge is 2.18. The molecule has 2 N–H and O–H groups in total. The molecule has 0 saturated heterocycles. The van der Waals surface area contributed by atoms with E-state index in [9.17, 15) is 18.4 Å². The lowest BCUT2D eigenvalue weighted by Crippen LogP contribution is -2.38. The second-order valence-corrected chi connectivity index (χ2v) is 5.02. The van der Waals surface area contributed by atoms with Crippen LogP contribution in [0.5, 0.6) is 5.75 Å². The molecule has 0 aromatic heterocycles. The smallest absolute Gasteiger partial charge is 0.387 e. The number of hydrogen-bond acceptors (Lipinski definition) is 3. The normalized spacial score (nSPS) is 10.5. The molecule has 0 saturated carbocycles. The number of primary amides is 1. The van der Waals surface area contributed by atoms with E-state index in [0.717, 1.165) is 5.56 Å². The summed E-state index contributed by atoms with van der Waals surface area (Å²) in [6, 6.07) is 14.4. The number of rotatable bonds is 7. The van der Waals surface area contributed by atoms with Crippen molar-refractivity contribution in [3.05, 3.63) is 65.7 Å². The van der Waals surface area contributed by atoms with Gasteiger partial charge in [0.1, 0.15) is 5.75 Å². The fourth-order valence-corrected chi connectivity index (χ4v) is 2.15. The molecule has 2 amide bonds. The maximum absolute atomic E-state index is 12.5. The van der Waals surface area contributed by atoms with Gasteiger partial charge in [0, 0.05) is 12.1 Å². The van der Waals surface area contributed by atoms with Gasteiger partial charge in [-0.25, -0.2) is 0 Å². The second-order valence-electron chi connectivity index (χ2n) is 5.02. The van der Waals surface area contributed by atoms with E-state index < -0.39 is 18.4 Å². The van der Waals surface area contributed by atoms with Crippen LogP contribution in [0.2, 0.25) is 0 Å². The van der Waals surface area contributed by atoms with Crippen LogP contribution in [0, 0.1) is 0 Å². The first-order valence-corrected chi connectivity index (χ1v) is 7.12. The zero-order valence-electron chi connectivity index (χ0n) is 12.7. The van der Waals surface area contributed by atoms with Gasteiger partial charge >= 0.3 is 6.61 Å². The third-order valence-electron chi connectivity index (χ3n) is 3.18. The number of halogens is 2. The Kier molecular flexibility index (Phi) is 5.83. The summed E-state index contributed by atoms with van der Waals surface area (Å²) in [6.07, 6.45) is 0. The maximum Gasteiger partial charge on any atom is 0.387 e. The first-order chi connectivity index (χ1) is 11.5. The summed E-state index contributed by atoms with van der Waals surface area (Å²) in [4.78, 5) is 25.1. The Bertz CT molecular complexity index is 691. The number of carbonyl (C=O) groups is 2. The SMILES string of the molecule is NC(=O)CN(Cc1ccccc1)C(=O)c1ccc(OC(F)F)cc1. The summed E-state index contributed by atoms with van der Waals surface area (Å²) in [5, 5.41) is 0. The number of ether oxygens (including phenoxy) is 1. The first-order valence-electron chi connectivity index (χ1n) is 7.12. The molecule has 0 atom stereocenters. The minimum Gasteiger partial charge on any atom is -0.435 e. The van der Waals surface area contributed by atoms with E-state index in [4.69, 9.17) is 5.73 Å². The quantitative estimate of drug-likeness (QED) is 0.845. The largest absolute Gasteiger partial charge is 0.435 e.